The number of nitrogens with zero attached hydrogens (tertiary/aromatic N) is 3. The van der Waals surface area contributed by atoms with E-state index in [-0.39, 0.29) is 0 Å². The zero-order valence-corrected chi connectivity index (χ0v) is 12.7. The molecule has 1 saturated heterocycles. The Labute approximate surface area is 122 Å². The first-order chi connectivity index (χ1) is 9.85. The van der Waals surface area contributed by atoms with Gasteiger partial charge in [0.15, 0.2) is 0 Å². The summed E-state index contributed by atoms with van der Waals surface area (Å²) in [6.45, 7) is 4.29. The molecule has 1 aliphatic carbocycles. The van der Waals surface area contributed by atoms with Crippen molar-refractivity contribution in [2.45, 2.75) is 44.6 Å². The van der Waals surface area contributed by atoms with Gasteiger partial charge in [-0.3, -0.25) is 0 Å². The third-order valence-corrected chi connectivity index (χ3v) is 4.99. The minimum Gasteiger partial charge on any atom is -0.358 e. The van der Waals surface area contributed by atoms with E-state index in [2.05, 4.69) is 34.4 Å². The Balaban J connectivity index is 1.47. The second kappa shape index (κ2) is 6.61. The summed E-state index contributed by atoms with van der Waals surface area (Å²) in [6, 6.07) is 0.631. The van der Waals surface area contributed by atoms with Gasteiger partial charge in [0, 0.05) is 31.9 Å². The number of nitrogens with one attached hydrogen (secondary N) is 1. The molecule has 0 bridgehead atoms. The lowest BCUT2D eigenvalue weighted by Gasteiger charge is -2.30. The molecule has 4 heteroatoms. The van der Waals surface area contributed by atoms with Crippen molar-refractivity contribution in [1.29, 1.82) is 0 Å². The van der Waals surface area contributed by atoms with Crippen LogP contribution in [0.2, 0.25) is 0 Å². The first-order valence-electron chi connectivity index (χ1n) is 8.24. The maximum absolute atomic E-state index is 4.78. The highest BCUT2D eigenvalue weighted by Gasteiger charge is 2.24. The van der Waals surface area contributed by atoms with Gasteiger partial charge in [-0.2, -0.15) is 0 Å². The molecule has 1 saturated carbocycles. The second-order valence-electron chi connectivity index (χ2n) is 6.47. The normalized spacial score (nSPS) is 28.1. The van der Waals surface area contributed by atoms with E-state index in [1.807, 2.05) is 0 Å². The summed E-state index contributed by atoms with van der Waals surface area (Å²) < 4.78 is 0. The van der Waals surface area contributed by atoms with Crippen molar-refractivity contribution in [3.8, 4) is 0 Å². The SMILES string of the molecule is CN[C@@H]1CCN(C2=NCN(CC3CCCCC3)C=C2)C1. The molecule has 0 unspecified atom stereocenters. The van der Waals surface area contributed by atoms with Gasteiger partial charge < -0.3 is 15.1 Å². The van der Waals surface area contributed by atoms with Crippen LogP contribution < -0.4 is 5.32 Å². The quantitative estimate of drug-likeness (QED) is 0.856. The molecule has 0 radical (unpaired) electrons. The van der Waals surface area contributed by atoms with Crippen molar-refractivity contribution in [2.24, 2.45) is 10.9 Å². The van der Waals surface area contributed by atoms with Crippen LogP contribution >= 0.6 is 0 Å². The summed E-state index contributed by atoms with van der Waals surface area (Å²) in [5.41, 5.74) is 0. The van der Waals surface area contributed by atoms with Crippen molar-refractivity contribution >= 4 is 5.84 Å². The first kappa shape index (κ1) is 13.9. The Morgan fingerprint density at radius 3 is 2.75 bits per heavy atom. The molecule has 0 aromatic carbocycles. The number of hydrogen-bond donors (Lipinski definition) is 1. The van der Waals surface area contributed by atoms with Gasteiger partial charge in [-0.25, -0.2) is 4.99 Å². The predicted molar refractivity (Wildman–Crippen MR) is 83.8 cm³/mol. The topological polar surface area (TPSA) is 30.9 Å². The molecule has 0 amide bonds. The van der Waals surface area contributed by atoms with Crippen molar-refractivity contribution < 1.29 is 0 Å². The van der Waals surface area contributed by atoms with Crippen molar-refractivity contribution in [1.82, 2.24) is 15.1 Å². The molecule has 0 aromatic rings. The molecule has 3 rings (SSSR count). The molecular weight excluding hydrogens is 248 g/mol. The standard InChI is InChI=1S/C16H28N4/c1-17-15-7-10-20(12-15)16-8-9-19(13-18-16)11-14-5-3-2-4-6-14/h8-9,14-15,17H,2-7,10-13H2,1H3/t15-/m1/s1. The van der Waals surface area contributed by atoms with Crippen molar-refractivity contribution in [2.75, 3.05) is 33.4 Å². The lowest BCUT2D eigenvalue weighted by Crippen LogP contribution is -2.36. The highest BCUT2D eigenvalue weighted by Crippen LogP contribution is 2.25. The van der Waals surface area contributed by atoms with E-state index >= 15 is 0 Å². The van der Waals surface area contributed by atoms with Crippen LogP contribution in [-0.2, 0) is 0 Å². The Kier molecular flexibility index (Phi) is 4.61. The van der Waals surface area contributed by atoms with E-state index in [1.165, 1.54) is 50.9 Å². The van der Waals surface area contributed by atoms with Gasteiger partial charge >= 0.3 is 0 Å². The average Bonchev–Trinajstić information content (AvgIpc) is 2.98. The van der Waals surface area contributed by atoms with Crippen LogP contribution in [0, 0.1) is 5.92 Å². The fourth-order valence-corrected chi connectivity index (χ4v) is 3.66. The zero-order chi connectivity index (χ0) is 13.8. The van der Waals surface area contributed by atoms with Crippen LogP contribution in [-0.4, -0.2) is 55.0 Å². The van der Waals surface area contributed by atoms with Crippen molar-refractivity contribution in [3.05, 3.63) is 12.3 Å². The van der Waals surface area contributed by atoms with E-state index in [9.17, 15) is 0 Å². The Morgan fingerprint density at radius 1 is 1.25 bits per heavy atom. The van der Waals surface area contributed by atoms with Crippen LogP contribution in [0.3, 0.4) is 0 Å². The summed E-state index contributed by atoms with van der Waals surface area (Å²) in [6.07, 6.45) is 12.8. The van der Waals surface area contributed by atoms with Crippen LogP contribution in [0.15, 0.2) is 17.3 Å². The number of amidine groups is 1. The predicted octanol–water partition coefficient (Wildman–Crippen LogP) is 2.05. The molecule has 0 aromatic heterocycles. The highest BCUT2D eigenvalue weighted by atomic mass is 15.3. The summed E-state index contributed by atoms with van der Waals surface area (Å²) in [4.78, 5) is 9.59. The minimum absolute atomic E-state index is 0.631. The zero-order valence-electron chi connectivity index (χ0n) is 12.7. The summed E-state index contributed by atoms with van der Waals surface area (Å²) in [5, 5.41) is 3.36. The van der Waals surface area contributed by atoms with Gasteiger partial charge in [0.05, 0.1) is 0 Å². The summed E-state index contributed by atoms with van der Waals surface area (Å²) in [7, 11) is 2.05. The van der Waals surface area contributed by atoms with Gasteiger partial charge in [0.1, 0.15) is 12.5 Å². The van der Waals surface area contributed by atoms with Crippen molar-refractivity contribution in [3.63, 3.8) is 0 Å². The molecule has 0 spiro atoms. The molecule has 2 heterocycles. The van der Waals surface area contributed by atoms with Gasteiger partial charge in [0.2, 0.25) is 0 Å². The lowest BCUT2D eigenvalue weighted by atomic mass is 9.89. The molecule has 3 aliphatic rings. The lowest BCUT2D eigenvalue weighted by molar-refractivity contribution is 0.256. The van der Waals surface area contributed by atoms with E-state index < -0.39 is 0 Å². The van der Waals surface area contributed by atoms with E-state index in [1.54, 1.807) is 0 Å². The molecule has 112 valence electrons. The third kappa shape index (κ3) is 3.35. The fourth-order valence-electron chi connectivity index (χ4n) is 3.66. The Hall–Kier alpha value is -1.03. The van der Waals surface area contributed by atoms with Gasteiger partial charge in [0.25, 0.3) is 0 Å². The molecular formula is C16H28N4. The largest absolute Gasteiger partial charge is 0.358 e. The highest BCUT2D eigenvalue weighted by molar-refractivity contribution is 5.93. The molecule has 4 nitrogen and oxygen atoms in total. The number of rotatable bonds is 3. The summed E-state index contributed by atoms with van der Waals surface area (Å²) >= 11 is 0. The molecule has 2 aliphatic heterocycles. The summed E-state index contributed by atoms with van der Waals surface area (Å²) in [5.74, 6) is 2.08. The minimum atomic E-state index is 0.631. The van der Waals surface area contributed by atoms with E-state index in [4.69, 9.17) is 4.99 Å². The van der Waals surface area contributed by atoms with Gasteiger partial charge in [-0.1, -0.05) is 19.3 Å². The molecule has 1 atom stereocenters. The Morgan fingerprint density at radius 2 is 2.10 bits per heavy atom. The number of hydrogen-bond acceptors (Lipinski definition) is 4. The third-order valence-electron chi connectivity index (χ3n) is 4.99. The van der Waals surface area contributed by atoms with Crippen LogP contribution in [0.25, 0.3) is 0 Å². The number of likely N-dealkylation sites (N-methyl/N-ethyl adjacent to an activating group) is 1. The van der Waals surface area contributed by atoms with E-state index in [0.29, 0.717) is 6.04 Å². The van der Waals surface area contributed by atoms with E-state index in [0.717, 1.165) is 25.7 Å². The monoisotopic (exact) mass is 276 g/mol. The van der Waals surface area contributed by atoms with Crippen LogP contribution in [0.4, 0.5) is 0 Å². The van der Waals surface area contributed by atoms with Crippen LogP contribution in [0.1, 0.15) is 38.5 Å². The maximum Gasteiger partial charge on any atom is 0.127 e. The first-order valence-corrected chi connectivity index (χ1v) is 8.24. The van der Waals surface area contributed by atoms with Gasteiger partial charge in [-0.15, -0.1) is 0 Å². The molecule has 1 N–H and O–H groups in total. The number of aliphatic imine (C=N–C) groups is 1. The maximum atomic E-state index is 4.78. The van der Waals surface area contributed by atoms with Gasteiger partial charge in [-0.05, 0) is 38.3 Å². The molecule has 2 fully saturated rings. The average molecular weight is 276 g/mol. The smallest absolute Gasteiger partial charge is 0.127 e. The fraction of sp³-hybridized carbons (Fsp3) is 0.812. The molecule has 20 heavy (non-hydrogen) atoms. The second-order valence-corrected chi connectivity index (χ2v) is 6.47. The Bertz CT molecular complexity index is 371. The number of likely N-dealkylation sites (tertiary alicyclic amines) is 1. The van der Waals surface area contributed by atoms with Crippen LogP contribution in [0.5, 0.6) is 0 Å².